The van der Waals surface area contributed by atoms with Crippen molar-refractivity contribution in [3.63, 3.8) is 0 Å². The summed E-state index contributed by atoms with van der Waals surface area (Å²) in [6.07, 6.45) is 25.6. The molecule has 4 aliphatic carbocycles. The first-order valence-electron chi connectivity index (χ1n) is 17.9. The van der Waals surface area contributed by atoms with Gasteiger partial charge >= 0.3 is 0 Å². The fourth-order valence-corrected chi connectivity index (χ4v) is 12.0. The minimum Gasteiger partial charge on any atom is -0.286 e. The van der Waals surface area contributed by atoms with Crippen molar-refractivity contribution in [2.24, 2.45) is 47.3 Å². The van der Waals surface area contributed by atoms with Gasteiger partial charge in [-0.2, -0.15) is 0 Å². The van der Waals surface area contributed by atoms with Gasteiger partial charge in [-0.05, 0) is 98.7 Å². The van der Waals surface area contributed by atoms with E-state index in [4.69, 9.17) is 0 Å². The van der Waals surface area contributed by atoms with Crippen LogP contribution >= 0.6 is 0 Å². The van der Waals surface area contributed by atoms with Gasteiger partial charge in [0.15, 0.2) is 0 Å². The Morgan fingerprint density at radius 3 is 0.476 bits per heavy atom. The summed E-state index contributed by atoms with van der Waals surface area (Å²) in [5.41, 5.74) is 0. The number of rotatable bonds is 0. The van der Waals surface area contributed by atoms with Crippen LogP contribution in [0.2, 0.25) is 0 Å². The van der Waals surface area contributed by atoms with Crippen molar-refractivity contribution in [3.8, 4) is 0 Å². The summed E-state index contributed by atoms with van der Waals surface area (Å²) in [6, 6.07) is 0. The van der Waals surface area contributed by atoms with Crippen molar-refractivity contribution >= 4 is 0 Å². The topological polar surface area (TPSA) is 96.2 Å². The number of fused-ring (bicyclic) bond motifs is 20. The number of hydrogen-bond acceptors (Lipinski definition) is 8. The third kappa shape index (κ3) is 5.43. The van der Waals surface area contributed by atoms with E-state index in [1.807, 2.05) is 0 Å². The molecule has 0 aromatic carbocycles. The molecule has 240 valence electrons. The summed E-state index contributed by atoms with van der Waals surface area (Å²) in [7, 11) is 0. The Morgan fingerprint density at radius 1 is 0.238 bits per heavy atom. The molecule has 4 saturated carbocycles. The van der Waals surface area contributed by atoms with Crippen LogP contribution in [0.3, 0.4) is 0 Å². The molecule has 0 aromatic rings. The molecule has 42 heavy (non-hydrogen) atoms. The zero-order valence-corrected chi connectivity index (χ0v) is 27.5. The molecule has 5 saturated heterocycles. The molecule has 0 amide bonds. The van der Waals surface area contributed by atoms with Gasteiger partial charge in [0, 0.05) is 33.8 Å². The summed E-state index contributed by atoms with van der Waals surface area (Å²) >= 11 is 0. The van der Waals surface area contributed by atoms with E-state index < -0.39 is 0 Å². The van der Waals surface area contributed by atoms with Crippen molar-refractivity contribution in [1.82, 2.24) is 42.5 Å². The molecule has 5 heterocycles. The Labute approximate surface area is 274 Å². The first-order chi connectivity index (χ1) is 19.8. The van der Waals surface area contributed by atoms with Crippen LogP contribution < -0.4 is 42.5 Å². The predicted octanol–water partition coefficient (Wildman–Crippen LogP) is 2.60. The third-order valence-corrected chi connectivity index (χ3v) is 13.8. The Bertz CT molecular complexity index is 723. The third-order valence-electron chi connectivity index (χ3n) is 13.8. The van der Waals surface area contributed by atoms with E-state index in [2.05, 4.69) is 42.5 Å². The van der Waals surface area contributed by atoms with Crippen molar-refractivity contribution < 1.29 is 33.8 Å². The fraction of sp³-hybridized carbons (Fsp3) is 1.00. The van der Waals surface area contributed by atoms with Gasteiger partial charge in [-0.1, -0.05) is 51.4 Å². The zero-order valence-electron chi connectivity index (χ0n) is 25.3. The van der Waals surface area contributed by atoms with E-state index in [0.29, 0.717) is 49.3 Å². The number of nitrogens with one attached hydrogen (secondary N) is 8. The van der Waals surface area contributed by atoms with E-state index in [0.717, 1.165) is 47.3 Å². The van der Waals surface area contributed by atoms with E-state index in [1.54, 1.807) is 0 Å². The van der Waals surface area contributed by atoms with Gasteiger partial charge in [0.2, 0.25) is 0 Å². The SMILES string of the molecule is C1CCC2C3NC(NC4NC(NC5NC(NC6NC(N3)C3CCCCC63)C3CCCCC53)C3CCCCC43)C2C1.[Co].[Mn]. The van der Waals surface area contributed by atoms with Gasteiger partial charge in [-0.25, -0.2) is 0 Å². The predicted molar refractivity (Wildman–Crippen MR) is 157 cm³/mol. The standard InChI is InChI=1S/C32H56N8.Co.Mn/c1-2-10-18-17(9-1)25-33-26(18)38-28-21-13-5-6-14-22(21)30(35-28)40-32-24-16-8-7-15-23(24)31(36-32)39-29-20-12-4-3-11-19(20)27(34-29)37-25;;/h17-40H,1-16H2;;. The Kier molecular flexibility index (Phi) is 9.75. The molecule has 9 rings (SSSR count). The minimum atomic E-state index is 0. The van der Waals surface area contributed by atoms with Gasteiger partial charge < -0.3 is 0 Å². The van der Waals surface area contributed by atoms with E-state index in [9.17, 15) is 0 Å². The quantitative estimate of drug-likeness (QED) is 0.187. The van der Waals surface area contributed by atoms with Gasteiger partial charge in [-0.15, -0.1) is 0 Å². The molecule has 8 bridgehead atoms. The van der Waals surface area contributed by atoms with Gasteiger partial charge in [0.1, 0.15) is 0 Å². The van der Waals surface area contributed by atoms with Gasteiger partial charge in [0.05, 0.1) is 49.3 Å². The largest absolute Gasteiger partial charge is 0.286 e. The maximum absolute atomic E-state index is 4.26. The second-order valence-electron chi connectivity index (χ2n) is 15.6. The molecule has 8 atom stereocenters. The Hall–Kier alpha value is 0.706. The Morgan fingerprint density at radius 2 is 0.357 bits per heavy atom. The molecule has 5 aliphatic heterocycles. The van der Waals surface area contributed by atoms with E-state index >= 15 is 0 Å². The van der Waals surface area contributed by atoms with Crippen LogP contribution in [-0.2, 0) is 33.8 Å². The normalized spacial score (nSPS) is 54.9. The van der Waals surface area contributed by atoms with Crippen molar-refractivity contribution in [1.29, 1.82) is 0 Å². The van der Waals surface area contributed by atoms with Crippen LogP contribution in [-0.4, -0.2) is 49.3 Å². The first-order valence-corrected chi connectivity index (χ1v) is 17.9. The fourth-order valence-electron chi connectivity index (χ4n) is 12.0. The molecule has 8 unspecified atom stereocenters. The average molecular weight is 667 g/mol. The molecule has 8 N–H and O–H groups in total. The maximum atomic E-state index is 4.26. The molecule has 0 aromatic heterocycles. The van der Waals surface area contributed by atoms with E-state index in [-0.39, 0.29) is 33.8 Å². The second kappa shape index (κ2) is 13.1. The molecule has 9 fully saturated rings. The van der Waals surface area contributed by atoms with Crippen LogP contribution in [0.1, 0.15) is 103 Å². The van der Waals surface area contributed by atoms with E-state index in [1.165, 1.54) is 103 Å². The van der Waals surface area contributed by atoms with Crippen molar-refractivity contribution in [3.05, 3.63) is 0 Å². The molecular formula is C32H56CoMnN8. The molecule has 2 radical (unpaired) electrons. The van der Waals surface area contributed by atoms with Crippen molar-refractivity contribution in [2.45, 2.75) is 152 Å². The zero-order chi connectivity index (χ0) is 26.2. The number of hydrogen-bond donors (Lipinski definition) is 8. The van der Waals surface area contributed by atoms with Crippen LogP contribution in [0.15, 0.2) is 0 Å². The molecular weight excluding hydrogens is 610 g/mol. The molecule has 10 heteroatoms. The van der Waals surface area contributed by atoms with Crippen LogP contribution in [0.5, 0.6) is 0 Å². The molecule has 8 nitrogen and oxygen atoms in total. The smallest absolute Gasteiger partial charge is 0.0628 e. The Balaban J connectivity index is 0.00000144. The minimum absolute atomic E-state index is 0. The second-order valence-corrected chi connectivity index (χ2v) is 15.6. The molecule has 0 spiro atoms. The first kappa shape index (κ1) is 31.3. The van der Waals surface area contributed by atoms with Crippen LogP contribution in [0.25, 0.3) is 0 Å². The molecule has 9 aliphatic rings. The van der Waals surface area contributed by atoms with Gasteiger partial charge in [-0.3, -0.25) is 42.5 Å². The summed E-state index contributed by atoms with van der Waals surface area (Å²) < 4.78 is 0. The maximum Gasteiger partial charge on any atom is 0.0628 e. The summed E-state index contributed by atoms with van der Waals surface area (Å²) in [4.78, 5) is 0. The van der Waals surface area contributed by atoms with Crippen LogP contribution in [0.4, 0.5) is 0 Å². The monoisotopic (exact) mass is 666 g/mol. The van der Waals surface area contributed by atoms with Crippen molar-refractivity contribution in [2.75, 3.05) is 0 Å². The summed E-state index contributed by atoms with van der Waals surface area (Å²) in [5, 5.41) is 33.8. The average Bonchev–Trinajstić information content (AvgIpc) is 3.73. The summed E-state index contributed by atoms with van der Waals surface area (Å²) in [5.74, 6) is 5.97. The van der Waals surface area contributed by atoms with Gasteiger partial charge in [0.25, 0.3) is 0 Å². The van der Waals surface area contributed by atoms with Crippen LogP contribution in [0, 0.1) is 47.3 Å². The summed E-state index contributed by atoms with van der Waals surface area (Å²) in [6.45, 7) is 0.